The lowest BCUT2D eigenvalue weighted by molar-refractivity contribution is 0.247. The molecule has 2 N–H and O–H groups in total. The molecule has 0 aliphatic carbocycles. The Balaban J connectivity index is 2.17. The van der Waals surface area contributed by atoms with Gasteiger partial charge in [0.1, 0.15) is 0 Å². The molecule has 97 valence electrons. The van der Waals surface area contributed by atoms with Crippen LogP contribution in [0.25, 0.3) is 0 Å². The fraction of sp³-hybridized carbons (Fsp3) is 0.188. The maximum absolute atomic E-state index is 10.7. The summed E-state index contributed by atoms with van der Waals surface area (Å²) in [5.41, 5.74) is 9.34. The summed E-state index contributed by atoms with van der Waals surface area (Å²) in [7, 11) is 0. The monoisotopic (exact) mass is 253 g/mol. The van der Waals surface area contributed by atoms with Crippen molar-refractivity contribution < 1.29 is 4.79 Å². The second-order valence-electron chi connectivity index (χ2n) is 4.42. The number of nitrogens with one attached hydrogen (secondary N) is 2. The van der Waals surface area contributed by atoms with Gasteiger partial charge in [-0.2, -0.15) is 0 Å². The molecule has 3 heteroatoms. The summed E-state index contributed by atoms with van der Waals surface area (Å²) < 4.78 is 0. The van der Waals surface area contributed by atoms with Crippen molar-refractivity contribution in [2.45, 2.75) is 12.3 Å². The van der Waals surface area contributed by atoms with E-state index in [9.17, 15) is 4.79 Å². The maximum Gasteiger partial charge on any atom is 0.333 e. The molecule has 0 spiro atoms. The fourth-order valence-corrected chi connectivity index (χ4v) is 2.23. The van der Waals surface area contributed by atoms with E-state index in [4.69, 9.17) is 5.73 Å². The van der Waals surface area contributed by atoms with Crippen LogP contribution in [0.15, 0.2) is 60.7 Å². The van der Waals surface area contributed by atoms with Crippen molar-refractivity contribution in [2.75, 3.05) is 6.54 Å². The van der Waals surface area contributed by atoms with Crippen LogP contribution in [0.2, 0.25) is 0 Å². The lowest BCUT2D eigenvalue weighted by Crippen LogP contribution is -2.24. The molecule has 2 rings (SSSR count). The third-order valence-corrected chi connectivity index (χ3v) is 3.12. The van der Waals surface area contributed by atoms with Crippen LogP contribution in [0.5, 0.6) is 0 Å². The molecule has 0 saturated heterocycles. The summed E-state index contributed by atoms with van der Waals surface area (Å²) in [6, 6.07) is 19.8. The molecule has 0 bridgehead atoms. The Labute approximate surface area is 113 Å². The average molecular weight is 253 g/mol. The highest BCUT2D eigenvalue weighted by Gasteiger charge is 2.13. The first-order valence-corrected chi connectivity index (χ1v) is 6.36. The molecule has 2 amide bonds. The highest BCUT2D eigenvalue weighted by Crippen LogP contribution is 2.27. The van der Waals surface area contributed by atoms with E-state index in [1.165, 1.54) is 11.1 Å². The van der Waals surface area contributed by atoms with Crippen molar-refractivity contribution in [3.05, 3.63) is 71.8 Å². The summed E-state index contributed by atoms with van der Waals surface area (Å²) >= 11 is 0. The number of amides is 2. The number of carbonyl (C=O) groups is 1. The van der Waals surface area contributed by atoms with Gasteiger partial charge in [-0.05, 0) is 17.5 Å². The van der Waals surface area contributed by atoms with Gasteiger partial charge in [0.2, 0.25) is 0 Å². The molecule has 0 heterocycles. The molecule has 19 heavy (non-hydrogen) atoms. The van der Waals surface area contributed by atoms with Crippen LogP contribution in [-0.4, -0.2) is 12.6 Å². The minimum Gasteiger partial charge on any atom is -0.337 e. The predicted octanol–water partition coefficient (Wildman–Crippen LogP) is 3.20. The lowest BCUT2D eigenvalue weighted by atomic mass is 9.88. The Morgan fingerprint density at radius 1 is 0.947 bits per heavy atom. The first kappa shape index (κ1) is 13.1. The van der Waals surface area contributed by atoms with E-state index in [-0.39, 0.29) is 5.92 Å². The average Bonchev–Trinajstić information content (AvgIpc) is 2.45. The highest BCUT2D eigenvalue weighted by atomic mass is 16.2. The van der Waals surface area contributed by atoms with Crippen molar-refractivity contribution in [1.29, 1.82) is 0 Å². The first-order chi connectivity index (χ1) is 9.27. The molecule has 0 saturated carbocycles. The molecule has 0 aliphatic rings. The van der Waals surface area contributed by atoms with Gasteiger partial charge in [0.25, 0.3) is 0 Å². The van der Waals surface area contributed by atoms with Gasteiger partial charge in [-0.15, -0.1) is 0 Å². The van der Waals surface area contributed by atoms with Gasteiger partial charge in [0.05, 0.1) is 0 Å². The highest BCUT2D eigenvalue weighted by molar-refractivity contribution is 5.70. The van der Waals surface area contributed by atoms with Crippen LogP contribution in [0.4, 0.5) is 4.79 Å². The standard InChI is InChI=1S/C16H17N2O/c17-16(19)18-12-11-15(13-7-3-1-4-8-13)14-9-5-2-6-10-14/h1-10,15,17H,11-12H2,(H,18,19). The van der Waals surface area contributed by atoms with Crippen molar-refractivity contribution in [3.8, 4) is 0 Å². The summed E-state index contributed by atoms with van der Waals surface area (Å²) in [6.45, 7) is 0.511. The molecule has 0 aliphatic heterocycles. The lowest BCUT2D eigenvalue weighted by Gasteiger charge is -2.18. The second-order valence-corrected chi connectivity index (χ2v) is 4.42. The number of carbonyl (C=O) groups excluding carboxylic acids is 1. The maximum atomic E-state index is 10.7. The van der Waals surface area contributed by atoms with Crippen LogP contribution in [0, 0.1) is 0 Å². The Morgan fingerprint density at radius 3 is 1.84 bits per heavy atom. The number of hydrogen-bond donors (Lipinski definition) is 1. The van der Waals surface area contributed by atoms with Gasteiger partial charge in [-0.3, -0.25) is 0 Å². The first-order valence-electron chi connectivity index (χ1n) is 6.36. The largest absolute Gasteiger partial charge is 0.337 e. The number of rotatable bonds is 5. The summed E-state index contributed by atoms with van der Waals surface area (Å²) in [5, 5.41) is 2.54. The van der Waals surface area contributed by atoms with Gasteiger partial charge >= 0.3 is 6.03 Å². The van der Waals surface area contributed by atoms with E-state index < -0.39 is 6.03 Å². The van der Waals surface area contributed by atoms with Crippen LogP contribution >= 0.6 is 0 Å². The summed E-state index contributed by atoms with van der Waals surface area (Å²) in [5.74, 6) is 0.245. The van der Waals surface area contributed by atoms with Crippen molar-refractivity contribution in [2.24, 2.45) is 0 Å². The summed E-state index contributed by atoms with van der Waals surface area (Å²) in [4.78, 5) is 10.7. The van der Waals surface area contributed by atoms with Crippen molar-refractivity contribution in [3.63, 3.8) is 0 Å². The molecule has 0 fully saturated rings. The van der Waals surface area contributed by atoms with E-state index in [0.717, 1.165) is 6.42 Å². The van der Waals surface area contributed by atoms with Crippen molar-refractivity contribution in [1.82, 2.24) is 11.1 Å². The van der Waals surface area contributed by atoms with Gasteiger partial charge in [0, 0.05) is 12.5 Å². The molecule has 1 radical (unpaired) electrons. The molecular weight excluding hydrogens is 236 g/mol. The van der Waals surface area contributed by atoms with E-state index in [1.807, 2.05) is 36.4 Å². The Bertz CT molecular complexity index is 471. The van der Waals surface area contributed by atoms with E-state index in [2.05, 4.69) is 29.6 Å². The zero-order chi connectivity index (χ0) is 13.5. The molecule has 0 unspecified atom stereocenters. The summed E-state index contributed by atoms with van der Waals surface area (Å²) in [6.07, 6.45) is 0.790. The molecule has 2 aromatic rings. The third-order valence-electron chi connectivity index (χ3n) is 3.12. The quantitative estimate of drug-likeness (QED) is 0.874. The number of urea groups is 1. The normalized spacial score (nSPS) is 10.4. The molecular formula is C16H17N2O. The minimum atomic E-state index is -0.722. The van der Waals surface area contributed by atoms with E-state index >= 15 is 0 Å². The predicted molar refractivity (Wildman–Crippen MR) is 75.8 cm³/mol. The second kappa shape index (κ2) is 6.59. The number of benzene rings is 2. The fourth-order valence-electron chi connectivity index (χ4n) is 2.23. The minimum absolute atomic E-state index is 0.245. The van der Waals surface area contributed by atoms with E-state index in [1.54, 1.807) is 0 Å². The van der Waals surface area contributed by atoms with Gasteiger partial charge in [-0.25, -0.2) is 10.5 Å². The topological polar surface area (TPSA) is 52.9 Å². The third kappa shape index (κ3) is 3.85. The molecule has 3 nitrogen and oxygen atoms in total. The Kier molecular flexibility index (Phi) is 4.56. The molecule has 0 atom stereocenters. The van der Waals surface area contributed by atoms with Gasteiger partial charge in [0.15, 0.2) is 0 Å². The van der Waals surface area contributed by atoms with Crippen LogP contribution in [-0.2, 0) is 0 Å². The zero-order valence-electron chi connectivity index (χ0n) is 10.7. The van der Waals surface area contributed by atoms with Crippen LogP contribution < -0.4 is 11.1 Å². The zero-order valence-corrected chi connectivity index (χ0v) is 10.7. The van der Waals surface area contributed by atoms with Gasteiger partial charge < -0.3 is 5.32 Å². The Hall–Kier alpha value is -2.29. The Morgan fingerprint density at radius 2 is 1.42 bits per heavy atom. The van der Waals surface area contributed by atoms with Crippen LogP contribution in [0.1, 0.15) is 23.5 Å². The van der Waals surface area contributed by atoms with E-state index in [0.29, 0.717) is 6.54 Å². The van der Waals surface area contributed by atoms with Crippen LogP contribution in [0.3, 0.4) is 0 Å². The molecule has 2 aromatic carbocycles. The van der Waals surface area contributed by atoms with Gasteiger partial charge in [-0.1, -0.05) is 60.7 Å². The number of hydrogen-bond acceptors (Lipinski definition) is 1. The molecule has 0 aromatic heterocycles. The van der Waals surface area contributed by atoms with Crippen molar-refractivity contribution >= 4 is 6.03 Å². The smallest absolute Gasteiger partial charge is 0.333 e. The SMILES string of the molecule is [NH]C(=O)NCCC(c1ccccc1)c1ccccc1.